The van der Waals surface area contributed by atoms with E-state index < -0.39 is 90.8 Å². The zero-order valence-electron chi connectivity index (χ0n) is 28.6. The van der Waals surface area contributed by atoms with Crippen LogP contribution >= 0.6 is 0 Å². The normalized spacial score (nSPS) is 14.4. The average molecular weight is 724 g/mol. The highest BCUT2D eigenvalue weighted by molar-refractivity contribution is 5.97. The van der Waals surface area contributed by atoms with E-state index in [9.17, 15) is 54.0 Å². The van der Waals surface area contributed by atoms with Gasteiger partial charge in [0.25, 0.3) is 0 Å². The summed E-state index contributed by atoms with van der Waals surface area (Å²) in [4.78, 5) is 92.4. The van der Waals surface area contributed by atoms with Gasteiger partial charge in [0.05, 0.1) is 13.0 Å². The number of aliphatic hydroxyl groups excluding tert-OH is 1. The number of benzene rings is 1. The summed E-state index contributed by atoms with van der Waals surface area (Å²) in [5.74, 6) is -7.94. The molecule has 1 aromatic carbocycles. The predicted octanol–water partition coefficient (Wildman–Crippen LogP) is -3.64. The Morgan fingerprint density at radius 1 is 0.745 bits per heavy atom. The van der Waals surface area contributed by atoms with E-state index in [4.69, 9.17) is 17.2 Å². The minimum atomic E-state index is -1.74. The first kappa shape index (κ1) is 43.5. The summed E-state index contributed by atoms with van der Waals surface area (Å²) >= 11 is 0. The standard InChI is InChI=1S/C31H49N9O11/c1-15(2)11-21(28(48)36-16(3)25(45)40-23(30(50)51)12-17-6-8-18(42)9-7-17)38-29(49)22(13-24(43)44)39-27(47)20(5-4-10-35-31(33)34)37-26(46)19(32)14-41/h6-9,15-16,19-23,41-42H,4-5,10-14,32H2,1-3H3,(H,36,48)(H,37,46)(H,38,49)(H,39,47)(H,40,45)(H,43,44)(H,50,51)(H4,33,34,35)/t16-,19-,20-,21-,22-,23-/m0/s1. The minimum absolute atomic E-state index is 0.0147. The SMILES string of the molecule is CC(C)C[C@H](NC(=O)[C@H](CC(=O)O)NC(=O)[C@H](CCCN=C(N)N)NC(=O)[C@@H](N)CO)C(=O)N[C@@H](C)C(=O)N[C@@H](Cc1ccc(O)cc1)C(=O)O. The number of hydrogen-bond acceptors (Lipinski definition) is 11. The van der Waals surface area contributed by atoms with Crippen LogP contribution in [0.3, 0.4) is 0 Å². The number of aliphatic imine (C=N–C) groups is 1. The van der Waals surface area contributed by atoms with Crippen molar-refractivity contribution in [1.82, 2.24) is 26.6 Å². The number of nitrogens with two attached hydrogens (primary N) is 3. The Morgan fingerprint density at radius 2 is 1.27 bits per heavy atom. The first-order valence-corrected chi connectivity index (χ1v) is 16.0. The second-order valence-corrected chi connectivity index (χ2v) is 12.1. The molecule has 0 fully saturated rings. The van der Waals surface area contributed by atoms with Gasteiger partial charge in [0.15, 0.2) is 5.96 Å². The number of aliphatic carboxylic acids is 2. The number of rotatable bonds is 22. The molecule has 0 unspecified atom stereocenters. The molecule has 1 aromatic rings. The summed E-state index contributed by atoms with van der Waals surface area (Å²) in [6.07, 6.45) is -0.952. The van der Waals surface area contributed by atoms with Crippen molar-refractivity contribution in [2.24, 2.45) is 28.1 Å². The topological polar surface area (TPSA) is 351 Å². The Balaban J connectivity index is 3.10. The van der Waals surface area contributed by atoms with E-state index in [2.05, 4.69) is 31.6 Å². The van der Waals surface area contributed by atoms with Crippen LogP contribution in [0, 0.1) is 5.92 Å². The van der Waals surface area contributed by atoms with Crippen molar-refractivity contribution in [3.8, 4) is 5.75 Å². The molecule has 0 aliphatic heterocycles. The lowest BCUT2D eigenvalue weighted by Crippen LogP contribution is -2.59. The van der Waals surface area contributed by atoms with Crippen LogP contribution in [0.25, 0.3) is 0 Å². The van der Waals surface area contributed by atoms with Gasteiger partial charge in [-0.1, -0.05) is 26.0 Å². The molecule has 0 aliphatic carbocycles. The van der Waals surface area contributed by atoms with Crippen molar-refractivity contribution in [1.29, 1.82) is 0 Å². The van der Waals surface area contributed by atoms with E-state index in [0.717, 1.165) is 0 Å². The van der Waals surface area contributed by atoms with Crippen molar-refractivity contribution < 1.29 is 54.0 Å². The van der Waals surface area contributed by atoms with Crippen LogP contribution in [-0.2, 0) is 40.0 Å². The molecule has 0 radical (unpaired) electrons. The van der Waals surface area contributed by atoms with Crippen molar-refractivity contribution in [2.45, 2.75) is 89.1 Å². The van der Waals surface area contributed by atoms with Crippen LogP contribution in [-0.4, -0.2) is 117 Å². The fourth-order valence-corrected chi connectivity index (χ4v) is 4.51. The van der Waals surface area contributed by atoms with Crippen molar-refractivity contribution in [3.05, 3.63) is 29.8 Å². The Bertz CT molecular complexity index is 1400. The van der Waals surface area contributed by atoms with Gasteiger partial charge in [-0.3, -0.25) is 33.8 Å². The molecular weight excluding hydrogens is 674 g/mol. The second-order valence-electron chi connectivity index (χ2n) is 12.1. The molecule has 15 N–H and O–H groups in total. The van der Waals surface area contributed by atoms with Crippen LogP contribution < -0.4 is 43.8 Å². The summed E-state index contributed by atoms with van der Waals surface area (Å²) in [6.45, 7) is 4.07. The number of nitrogens with zero attached hydrogens (tertiary/aromatic N) is 1. The molecule has 0 aliphatic rings. The summed E-state index contributed by atoms with van der Waals surface area (Å²) in [5.41, 5.74) is 16.7. The molecule has 20 heteroatoms. The molecule has 20 nitrogen and oxygen atoms in total. The highest BCUT2D eigenvalue weighted by Gasteiger charge is 2.33. The molecule has 0 bridgehead atoms. The van der Waals surface area contributed by atoms with Gasteiger partial charge in [-0.2, -0.15) is 0 Å². The number of nitrogens with one attached hydrogen (secondary N) is 5. The number of carboxylic acids is 2. The maximum absolute atomic E-state index is 13.4. The van der Waals surface area contributed by atoms with Gasteiger partial charge < -0.3 is 64.2 Å². The lowest BCUT2D eigenvalue weighted by Gasteiger charge is -2.26. The van der Waals surface area contributed by atoms with Crippen LogP contribution in [0.5, 0.6) is 5.75 Å². The van der Waals surface area contributed by atoms with E-state index in [1.165, 1.54) is 31.2 Å². The van der Waals surface area contributed by atoms with Crippen molar-refractivity contribution in [3.63, 3.8) is 0 Å². The Morgan fingerprint density at radius 3 is 1.80 bits per heavy atom. The molecule has 51 heavy (non-hydrogen) atoms. The minimum Gasteiger partial charge on any atom is -0.508 e. The average Bonchev–Trinajstić information content (AvgIpc) is 3.04. The Labute approximate surface area is 294 Å². The number of aromatic hydroxyl groups is 1. The monoisotopic (exact) mass is 723 g/mol. The largest absolute Gasteiger partial charge is 0.508 e. The smallest absolute Gasteiger partial charge is 0.326 e. The number of phenolic OH excluding ortho intramolecular Hbond substituents is 1. The first-order chi connectivity index (χ1) is 23.8. The van der Waals surface area contributed by atoms with Gasteiger partial charge >= 0.3 is 11.9 Å². The van der Waals surface area contributed by atoms with E-state index in [1.54, 1.807) is 13.8 Å². The maximum Gasteiger partial charge on any atom is 0.326 e. The number of carboxylic acid groups (broad SMARTS) is 2. The van der Waals surface area contributed by atoms with Crippen LogP contribution in [0.2, 0.25) is 0 Å². The fraction of sp³-hybridized carbons (Fsp3) is 0.548. The lowest BCUT2D eigenvalue weighted by molar-refractivity contribution is -0.142. The number of phenols is 1. The van der Waals surface area contributed by atoms with Gasteiger partial charge in [-0.25, -0.2) is 4.79 Å². The zero-order valence-corrected chi connectivity index (χ0v) is 28.6. The number of aliphatic hydroxyl groups is 1. The number of hydrogen-bond donors (Lipinski definition) is 12. The van der Waals surface area contributed by atoms with Crippen molar-refractivity contribution in [2.75, 3.05) is 13.2 Å². The second kappa shape index (κ2) is 21.6. The predicted molar refractivity (Wildman–Crippen MR) is 181 cm³/mol. The molecule has 0 spiro atoms. The quantitative estimate of drug-likeness (QED) is 0.0312. The number of carbonyl (C=O) groups is 7. The lowest BCUT2D eigenvalue weighted by atomic mass is 10.0. The summed E-state index contributed by atoms with van der Waals surface area (Å²) in [5, 5.41) is 49.6. The van der Waals surface area contributed by atoms with E-state index >= 15 is 0 Å². The number of amides is 5. The van der Waals surface area contributed by atoms with Gasteiger partial charge in [-0.05, 0) is 49.8 Å². The highest BCUT2D eigenvalue weighted by Crippen LogP contribution is 2.12. The molecule has 0 heterocycles. The summed E-state index contributed by atoms with van der Waals surface area (Å²) in [7, 11) is 0. The summed E-state index contributed by atoms with van der Waals surface area (Å²) in [6, 6.07) is -2.78. The van der Waals surface area contributed by atoms with Crippen LogP contribution in [0.4, 0.5) is 0 Å². The van der Waals surface area contributed by atoms with E-state index in [-0.39, 0.29) is 49.9 Å². The number of carbonyl (C=O) groups excluding carboxylic acids is 5. The third-order valence-electron chi connectivity index (χ3n) is 7.21. The third-order valence-corrected chi connectivity index (χ3v) is 7.21. The van der Waals surface area contributed by atoms with Crippen molar-refractivity contribution >= 4 is 47.4 Å². The maximum atomic E-state index is 13.4. The summed E-state index contributed by atoms with van der Waals surface area (Å²) < 4.78 is 0. The van der Waals surface area contributed by atoms with Gasteiger partial charge in [0.2, 0.25) is 29.5 Å². The molecule has 6 atom stereocenters. The van der Waals surface area contributed by atoms with E-state index in [1.807, 2.05) is 0 Å². The Kier molecular flexibility index (Phi) is 18.4. The zero-order chi connectivity index (χ0) is 38.8. The van der Waals surface area contributed by atoms with Crippen LogP contribution in [0.1, 0.15) is 52.0 Å². The molecule has 1 rings (SSSR count). The first-order valence-electron chi connectivity index (χ1n) is 16.0. The van der Waals surface area contributed by atoms with E-state index in [0.29, 0.717) is 5.56 Å². The van der Waals surface area contributed by atoms with Gasteiger partial charge in [0, 0.05) is 13.0 Å². The van der Waals surface area contributed by atoms with Gasteiger partial charge in [-0.15, -0.1) is 0 Å². The van der Waals surface area contributed by atoms with Crippen LogP contribution in [0.15, 0.2) is 29.3 Å². The molecule has 0 saturated carbocycles. The molecule has 284 valence electrons. The fourth-order valence-electron chi connectivity index (χ4n) is 4.51. The molecule has 0 aromatic heterocycles. The molecular formula is C31H49N9O11. The molecule has 0 saturated heterocycles. The Hall–Kier alpha value is -5.50. The number of guanidine groups is 1. The molecule has 5 amide bonds. The third kappa shape index (κ3) is 16.6. The highest BCUT2D eigenvalue weighted by atomic mass is 16.4. The van der Waals surface area contributed by atoms with Gasteiger partial charge in [0.1, 0.15) is 42.0 Å².